The molecular formula is C22H17F3N6O2. The van der Waals surface area contributed by atoms with Gasteiger partial charge < -0.3 is 8.98 Å². The number of nitrogens with one attached hydrogen (secondary N) is 1. The SMILES string of the molecule is Cc1cc(C)n2ncc(C(=O)Nc3nc4cc(C(F)(F)F)ccc4n3Cc3ccco3)c2n1. The Kier molecular flexibility index (Phi) is 4.69. The highest BCUT2D eigenvalue weighted by Gasteiger charge is 2.31. The maximum atomic E-state index is 13.2. The zero-order valence-electron chi connectivity index (χ0n) is 17.5. The van der Waals surface area contributed by atoms with Crippen LogP contribution >= 0.6 is 0 Å². The van der Waals surface area contributed by atoms with Crippen molar-refractivity contribution in [1.29, 1.82) is 0 Å². The lowest BCUT2D eigenvalue weighted by Crippen LogP contribution is -2.16. The van der Waals surface area contributed by atoms with Crippen molar-refractivity contribution in [2.75, 3.05) is 5.32 Å². The lowest BCUT2D eigenvalue weighted by atomic mass is 10.2. The Morgan fingerprint density at radius 1 is 1.15 bits per heavy atom. The summed E-state index contributed by atoms with van der Waals surface area (Å²) in [4.78, 5) is 21.8. The van der Waals surface area contributed by atoms with Crippen LogP contribution in [-0.4, -0.2) is 30.1 Å². The van der Waals surface area contributed by atoms with E-state index in [0.29, 0.717) is 16.9 Å². The number of hydrogen-bond donors (Lipinski definition) is 1. The van der Waals surface area contributed by atoms with E-state index in [4.69, 9.17) is 4.42 Å². The monoisotopic (exact) mass is 454 g/mol. The van der Waals surface area contributed by atoms with Crippen LogP contribution in [0.3, 0.4) is 0 Å². The van der Waals surface area contributed by atoms with Crippen molar-refractivity contribution in [1.82, 2.24) is 24.1 Å². The molecule has 0 saturated carbocycles. The molecule has 0 radical (unpaired) electrons. The number of halogens is 3. The average Bonchev–Trinajstić information content (AvgIpc) is 3.47. The molecular weight excluding hydrogens is 437 g/mol. The molecule has 0 aliphatic heterocycles. The minimum absolute atomic E-state index is 0.0782. The number of imidazole rings is 1. The minimum atomic E-state index is -4.51. The topological polar surface area (TPSA) is 90.2 Å². The Bertz CT molecular complexity index is 1500. The van der Waals surface area contributed by atoms with Gasteiger partial charge in [0.1, 0.15) is 11.3 Å². The third-order valence-corrected chi connectivity index (χ3v) is 5.22. The summed E-state index contributed by atoms with van der Waals surface area (Å²) in [6, 6.07) is 8.52. The van der Waals surface area contributed by atoms with Crippen LogP contribution in [0, 0.1) is 13.8 Å². The second kappa shape index (κ2) is 7.47. The molecule has 0 unspecified atom stereocenters. The van der Waals surface area contributed by atoms with Gasteiger partial charge in [-0.2, -0.15) is 18.3 Å². The average molecular weight is 454 g/mol. The van der Waals surface area contributed by atoms with Crippen LogP contribution in [0.25, 0.3) is 16.7 Å². The molecule has 8 nitrogen and oxygen atoms in total. The summed E-state index contributed by atoms with van der Waals surface area (Å²) in [6.45, 7) is 3.82. The van der Waals surface area contributed by atoms with Crippen molar-refractivity contribution in [3.05, 3.63) is 77.1 Å². The summed E-state index contributed by atoms with van der Waals surface area (Å²) in [6.07, 6.45) is -1.63. The molecule has 0 aliphatic rings. The standard InChI is InChI=1S/C22H17F3N6O2/c1-12-8-13(2)31-19(27-12)16(10-26-31)20(32)29-21-28-17-9-14(22(23,24)25)5-6-18(17)30(21)11-15-4-3-7-33-15/h3-10H,11H2,1-2H3,(H,28,29,32). The summed E-state index contributed by atoms with van der Waals surface area (Å²) >= 11 is 0. The predicted molar refractivity (Wildman–Crippen MR) is 113 cm³/mol. The van der Waals surface area contributed by atoms with Crippen LogP contribution in [0.4, 0.5) is 19.1 Å². The predicted octanol–water partition coefficient (Wildman–Crippen LogP) is 4.61. The third kappa shape index (κ3) is 3.71. The van der Waals surface area contributed by atoms with Gasteiger partial charge in [-0.15, -0.1) is 0 Å². The van der Waals surface area contributed by atoms with Crippen molar-refractivity contribution >= 4 is 28.5 Å². The van der Waals surface area contributed by atoms with Gasteiger partial charge in [-0.3, -0.25) is 10.1 Å². The Morgan fingerprint density at radius 3 is 2.70 bits per heavy atom. The molecule has 168 valence electrons. The summed E-state index contributed by atoms with van der Waals surface area (Å²) in [7, 11) is 0. The molecule has 1 N–H and O–H groups in total. The van der Waals surface area contributed by atoms with Gasteiger partial charge >= 0.3 is 6.18 Å². The zero-order chi connectivity index (χ0) is 23.3. The fraction of sp³-hybridized carbons (Fsp3) is 0.182. The van der Waals surface area contributed by atoms with Gasteiger partial charge in [-0.1, -0.05) is 0 Å². The number of aromatic nitrogens is 5. The number of carbonyl (C=O) groups is 1. The summed E-state index contributed by atoms with van der Waals surface area (Å²) in [5.74, 6) is 0.0950. The largest absolute Gasteiger partial charge is 0.467 e. The highest BCUT2D eigenvalue weighted by Crippen LogP contribution is 2.32. The molecule has 0 bridgehead atoms. The maximum Gasteiger partial charge on any atom is 0.416 e. The number of carbonyl (C=O) groups excluding carboxylic acids is 1. The number of anilines is 1. The van der Waals surface area contributed by atoms with Crippen molar-refractivity contribution < 1.29 is 22.4 Å². The lowest BCUT2D eigenvalue weighted by Gasteiger charge is -2.09. The van der Waals surface area contributed by atoms with Crippen molar-refractivity contribution in [3.8, 4) is 0 Å². The van der Waals surface area contributed by atoms with Crippen LogP contribution in [0.15, 0.2) is 53.3 Å². The van der Waals surface area contributed by atoms with Crippen LogP contribution in [-0.2, 0) is 12.7 Å². The molecule has 0 atom stereocenters. The molecule has 1 amide bonds. The summed E-state index contributed by atoms with van der Waals surface area (Å²) < 4.78 is 48.1. The molecule has 5 aromatic rings. The normalized spacial score (nSPS) is 12.0. The first-order valence-corrected chi connectivity index (χ1v) is 9.94. The Balaban J connectivity index is 1.58. The molecule has 4 aromatic heterocycles. The number of aryl methyl sites for hydroxylation is 2. The smallest absolute Gasteiger partial charge is 0.416 e. The van der Waals surface area contributed by atoms with E-state index in [1.54, 1.807) is 21.2 Å². The fourth-order valence-electron chi connectivity index (χ4n) is 3.72. The van der Waals surface area contributed by atoms with Crippen molar-refractivity contribution in [3.63, 3.8) is 0 Å². The number of hydrogen-bond acceptors (Lipinski definition) is 5. The van der Waals surface area contributed by atoms with Crippen molar-refractivity contribution in [2.45, 2.75) is 26.6 Å². The summed E-state index contributed by atoms with van der Waals surface area (Å²) in [5, 5.41) is 6.91. The lowest BCUT2D eigenvalue weighted by molar-refractivity contribution is -0.137. The fourth-order valence-corrected chi connectivity index (χ4v) is 3.72. The van der Waals surface area contributed by atoms with Gasteiger partial charge in [0.15, 0.2) is 5.65 Å². The Hall–Kier alpha value is -4.15. The van der Waals surface area contributed by atoms with E-state index in [1.807, 2.05) is 19.9 Å². The van der Waals surface area contributed by atoms with Crippen LogP contribution in [0.2, 0.25) is 0 Å². The van der Waals surface area contributed by atoms with Crippen LogP contribution in [0.5, 0.6) is 0 Å². The van der Waals surface area contributed by atoms with E-state index in [1.165, 1.54) is 18.5 Å². The first kappa shape index (κ1) is 20.7. The first-order chi connectivity index (χ1) is 15.7. The molecule has 33 heavy (non-hydrogen) atoms. The van der Waals surface area contributed by atoms with E-state index in [2.05, 4.69) is 20.4 Å². The molecule has 0 aliphatic carbocycles. The van der Waals surface area contributed by atoms with E-state index in [9.17, 15) is 18.0 Å². The van der Waals surface area contributed by atoms with E-state index in [0.717, 1.165) is 23.5 Å². The zero-order valence-corrected chi connectivity index (χ0v) is 17.5. The van der Waals surface area contributed by atoms with Gasteiger partial charge in [0.2, 0.25) is 5.95 Å². The second-order valence-corrected chi connectivity index (χ2v) is 7.59. The Labute approximate surface area is 184 Å². The molecule has 4 heterocycles. The van der Waals surface area contributed by atoms with Crippen LogP contribution in [0.1, 0.15) is 33.1 Å². The molecule has 0 spiro atoms. The summed E-state index contributed by atoms with van der Waals surface area (Å²) in [5.41, 5.74) is 1.80. The van der Waals surface area contributed by atoms with Gasteiger partial charge in [0.05, 0.1) is 35.6 Å². The van der Waals surface area contributed by atoms with Gasteiger partial charge in [0, 0.05) is 11.4 Å². The molecule has 11 heteroatoms. The molecule has 0 fully saturated rings. The van der Waals surface area contributed by atoms with Crippen LogP contribution < -0.4 is 5.32 Å². The molecule has 5 rings (SSSR count). The maximum absolute atomic E-state index is 13.2. The third-order valence-electron chi connectivity index (χ3n) is 5.22. The minimum Gasteiger partial charge on any atom is -0.467 e. The molecule has 1 aromatic carbocycles. The number of benzene rings is 1. The second-order valence-electron chi connectivity index (χ2n) is 7.59. The number of fused-ring (bicyclic) bond motifs is 2. The highest BCUT2D eigenvalue weighted by atomic mass is 19.4. The van der Waals surface area contributed by atoms with E-state index < -0.39 is 17.6 Å². The van der Waals surface area contributed by atoms with Gasteiger partial charge in [0.25, 0.3) is 5.91 Å². The number of alkyl halides is 3. The van der Waals surface area contributed by atoms with Crippen molar-refractivity contribution in [2.24, 2.45) is 0 Å². The highest BCUT2D eigenvalue weighted by molar-refractivity contribution is 6.08. The quantitative estimate of drug-likeness (QED) is 0.428. The van der Waals surface area contributed by atoms with Gasteiger partial charge in [-0.25, -0.2) is 14.5 Å². The Morgan fingerprint density at radius 2 is 1.97 bits per heavy atom. The number of furan rings is 1. The number of nitrogens with zero attached hydrogens (tertiary/aromatic N) is 5. The first-order valence-electron chi connectivity index (χ1n) is 9.94. The van der Waals surface area contributed by atoms with Gasteiger partial charge in [-0.05, 0) is 50.2 Å². The number of rotatable bonds is 4. The van der Waals surface area contributed by atoms with E-state index in [-0.39, 0.29) is 23.6 Å². The molecule has 0 saturated heterocycles. The van der Waals surface area contributed by atoms with E-state index >= 15 is 0 Å². The number of amides is 1.